The molecule has 0 aliphatic heterocycles. The van der Waals surface area contributed by atoms with E-state index in [1.165, 1.54) is 12.1 Å². The number of hydrogen-bond donors (Lipinski definition) is 0. The van der Waals surface area contributed by atoms with Crippen LogP contribution >= 0.6 is 0 Å². The minimum Gasteiger partial charge on any atom is -0.493 e. The molecule has 2 atom stereocenters. The molecule has 10 heteroatoms. The van der Waals surface area contributed by atoms with Crippen LogP contribution in [0.15, 0.2) is 60.7 Å². The second kappa shape index (κ2) is 20.6. The number of hydrogen-bond acceptors (Lipinski definition) is 10. The zero-order chi connectivity index (χ0) is 36.5. The third-order valence-corrected chi connectivity index (χ3v) is 7.97. The van der Waals surface area contributed by atoms with E-state index in [2.05, 4.69) is 27.7 Å². The average Bonchev–Trinajstić information content (AvgIpc) is 3.12. The highest BCUT2D eigenvalue weighted by atomic mass is 16.6. The van der Waals surface area contributed by atoms with E-state index in [0.29, 0.717) is 49.4 Å². The molecule has 0 aromatic heterocycles. The fraction of sp³-hybridized carbons (Fsp3) is 0.450. The highest BCUT2D eigenvalue weighted by Gasteiger charge is 2.24. The Balaban J connectivity index is 1.94. The van der Waals surface area contributed by atoms with Gasteiger partial charge in [-0.1, -0.05) is 67.2 Å². The van der Waals surface area contributed by atoms with Gasteiger partial charge in [0.2, 0.25) is 0 Å². The summed E-state index contributed by atoms with van der Waals surface area (Å²) in [6.07, 6.45) is 4.83. The summed E-state index contributed by atoms with van der Waals surface area (Å²) in [5, 5.41) is 0. The maximum absolute atomic E-state index is 13.3. The zero-order valence-electron chi connectivity index (χ0n) is 30.1. The first-order chi connectivity index (χ1) is 24.1. The van der Waals surface area contributed by atoms with Crippen molar-refractivity contribution in [2.75, 3.05) is 13.2 Å². The first kappa shape index (κ1) is 39.6. The molecule has 0 spiro atoms. The van der Waals surface area contributed by atoms with Gasteiger partial charge < -0.3 is 28.4 Å². The smallest absolute Gasteiger partial charge is 0.343 e. The number of carbonyl (C=O) groups excluding carboxylic acids is 4. The van der Waals surface area contributed by atoms with E-state index in [4.69, 9.17) is 28.4 Å². The molecular formula is C40H50O10. The molecule has 270 valence electrons. The normalized spacial score (nSPS) is 12.0. The van der Waals surface area contributed by atoms with Crippen LogP contribution in [-0.2, 0) is 9.59 Å². The van der Waals surface area contributed by atoms with Crippen molar-refractivity contribution >= 4 is 23.9 Å². The molecule has 0 fully saturated rings. The highest BCUT2D eigenvalue weighted by molar-refractivity contribution is 5.93. The molecular weight excluding hydrogens is 640 g/mol. The number of rotatable bonds is 20. The summed E-state index contributed by atoms with van der Waals surface area (Å²) in [7, 11) is 0. The summed E-state index contributed by atoms with van der Waals surface area (Å²) in [5.41, 5.74) is 0.412. The minimum absolute atomic E-state index is 0.107. The van der Waals surface area contributed by atoms with Crippen LogP contribution in [0.1, 0.15) is 114 Å². The standard InChI is InChI=1S/C40H50O10/c1-7-11-13-37(41)47-33-23-36(50-40(44)30-17-21-32(22-18-30)46-26-28(6)10-4)34(48-38(42)14-12-8-2)24-35(33)49-39(43)29-15-19-31(20-16-29)45-25-27(5)9-3/h15-24,27-28H,7-14,25-26H2,1-6H3/t27-,28-/m0/s1. The molecule has 3 aromatic carbocycles. The van der Waals surface area contributed by atoms with E-state index in [-0.39, 0.29) is 47.0 Å². The van der Waals surface area contributed by atoms with Gasteiger partial charge in [-0.3, -0.25) is 9.59 Å². The molecule has 0 unspecified atom stereocenters. The van der Waals surface area contributed by atoms with Crippen molar-refractivity contribution in [3.63, 3.8) is 0 Å². The van der Waals surface area contributed by atoms with Crippen molar-refractivity contribution in [3.8, 4) is 34.5 Å². The Hall–Kier alpha value is -4.86. The van der Waals surface area contributed by atoms with E-state index in [1.54, 1.807) is 48.5 Å². The monoisotopic (exact) mass is 690 g/mol. The first-order valence-corrected chi connectivity index (χ1v) is 17.6. The largest absolute Gasteiger partial charge is 0.493 e. The number of benzene rings is 3. The molecule has 3 rings (SSSR count). The molecule has 0 saturated heterocycles. The molecule has 0 N–H and O–H groups in total. The van der Waals surface area contributed by atoms with Gasteiger partial charge in [0.15, 0.2) is 23.0 Å². The lowest BCUT2D eigenvalue weighted by Crippen LogP contribution is -2.15. The predicted octanol–water partition coefficient (Wildman–Crippen LogP) is 9.17. The van der Waals surface area contributed by atoms with Crippen LogP contribution in [0.5, 0.6) is 34.5 Å². The van der Waals surface area contributed by atoms with Crippen molar-refractivity contribution < 1.29 is 47.6 Å². The lowest BCUT2D eigenvalue weighted by molar-refractivity contribution is -0.135. The third-order valence-electron chi connectivity index (χ3n) is 7.97. The summed E-state index contributed by atoms with van der Waals surface area (Å²) < 4.78 is 34.2. The van der Waals surface area contributed by atoms with Crippen LogP contribution in [0.4, 0.5) is 0 Å². The van der Waals surface area contributed by atoms with Gasteiger partial charge in [-0.05, 0) is 73.2 Å². The van der Waals surface area contributed by atoms with Gasteiger partial charge >= 0.3 is 23.9 Å². The number of carbonyl (C=O) groups is 4. The maximum atomic E-state index is 13.3. The van der Waals surface area contributed by atoms with Crippen molar-refractivity contribution in [3.05, 3.63) is 71.8 Å². The summed E-state index contributed by atoms with van der Waals surface area (Å²) in [4.78, 5) is 52.1. The molecule has 0 aliphatic rings. The van der Waals surface area contributed by atoms with Gasteiger partial charge in [0.05, 0.1) is 24.3 Å². The molecule has 50 heavy (non-hydrogen) atoms. The zero-order valence-corrected chi connectivity index (χ0v) is 30.1. The van der Waals surface area contributed by atoms with Crippen molar-refractivity contribution in [2.24, 2.45) is 11.8 Å². The Bertz CT molecular complexity index is 1430. The Morgan fingerprint density at radius 2 is 0.860 bits per heavy atom. The van der Waals surface area contributed by atoms with E-state index in [9.17, 15) is 19.2 Å². The van der Waals surface area contributed by atoms with Crippen LogP contribution in [0.25, 0.3) is 0 Å². The molecule has 0 bridgehead atoms. The lowest BCUT2D eigenvalue weighted by atomic mass is 10.1. The van der Waals surface area contributed by atoms with Gasteiger partial charge in [0, 0.05) is 25.0 Å². The second-order valence-corrected chi connectivity index (χ2v) is 12.4. The fourth-order valence-corrected chi connectivity index (χ4v) is 4.24. The van der Waals surface area contributed by atoms with Crippen molar-refractivity contribution in [1.29, 1.82) is 0 Å². The summed E-state index contributed by atoms with van der Waals surface area (Å²) >= 11 is 0. The molecule has 0 radical (unpaired) electrons. The molecule has 3 aromatic rings. The quantitative estimate of drug-likeness (QED) is 0.0837. The van der Waals surface area contributed by atoms with E-state index in [0.717, 1.165) is 25.7 Å². The Morgan fingerprint density at radius 3 is 1.18 bits per heavy atom. The first-order valence-electron chi connectivity index (χ1n) is 17.6. The topological polar surface area (TPSA) is 124 Å². The van der Waals surface area contributed by atoms with Crippen molar-refractivity contribution in [1.82, 2.24) is 0 Å². The molecule has 0 amide bonds. The Kier molecular flexibility index (Phi) is 16.3. The Morgan fingerprint density at radius 1 is 0.520 bits per heavy atom. The average molecular weight is 691 g/mol. The van der Waals surface area contributed by atoms with E-state index in [1.807, 2.05) is 13.8 Å². The SMILES string of the molecule is CCCCC(=O)Oc1cc(OC(=O)c2ccc(OC[C@@H](C)CC)cc2)c(OC(=O)CCCC)cc1OC(=O)c1ccc(OC[C@@H](C)CC)cc1. The van der Waals surface area contributed by atoms with Crippen LogP contribution in [0, 0.1) is 11.8 Å². The summed E-state index contributed by atoms with van der Waals surface area (Å²) in [6.45, 7) is 13.3. The lowest BCUT2D eigenvalue weighted by Gasteiger charge is -2.16. The second-order valence-electron chi connectivity index (χ2n) is 12.4. The van der Waals surface area contributed by atoms with E-state index >= 15 is 0 Å². The third kappa shape index (κ3) is 12.9. The van der Waals surface area contributed by atoms with Gasteiger partial charge in [-0.25, -0.2) is 9.59 Å². The van der Waals surface area contributed by atoms with Gasteiger partial charge in [-0.2, -0.15) is 0 Å². The highest BCUT2D eigenvalue weighted by Crippen LogP contribution is 2.41. The van der Waals surface area contributed by atoms with Crippen molar-refractivity contribution in [2.45, 2.75) is 92.9 Å². The maximum Gasteiger partial charge on any atom is 0.343 e. The number of unbranched alkanes of at least 4 members (excludes halogenated alkanes) is 2. The van der Waals surface area contributed by atoms with Crippen LogP contribution < -0.4 is 28.4 Å². The summed E-state index contributed by atoms with van der Waals surface area (Å²) in [6, 6.07) is 15.3. The Labute approximate surface area is 295 Å². The molecule has 10 nitrogen and oxygen atoms in total. The van der Waals surface area contributed by atoms with Gasteiger partial charge in [0.1, 0.15) is 11.5 Å². The van der Waals surface area contributed by atoms with Gasteiger partial charge in [0.25, 0.3) is 0 Å². The van der Waals surface area contributed by atoms with Crippen LogP contribution in [0.3, 0.4) is 0 Å². The molecule has 0 heterocycles. The van der Waals surface area contributed by atoms with Crippen LogP contribution in [0.2, 0.25) is 0 Å². The number of ether oxygens (including phenoxy) is 6. The molecule has 0 aliphatic carbocycles. The van der Waals surface area contributed by atoms with Gasteiger partial charge in [-0.15, -0.1) is 0 Å². The summed E-state index contributed by atoms with van der Waals surface area (Å²) in [5.74, 6) is -1.46. The minimum atomic E-state index is -0.757. The predicted molar refractivity (Wildman–Crippen MR) is 189 cm³/mol. The van der Waals surface area contributed by atoms with E-state index < -0.39 is 23.9 Å². The van der Waals surface area contributed by atoms with Crippen LogP contribution in [-0.4, -0.2) is 37.1 Å². The molecule has 0 saturated carbocycles. The number of esters is 4. The fourth-order valence-electron chi connectivity index (χ4n) is 4.24.